The number of halogens is 1. The van der Waals surface area contributed by atoms with E-state index in [-0.39, 0.29) is 5.60 Å². The topological polar surface area (TPSA) is 9.23 Å². The Kier molecular flexibility index (Phi) is 3.62. The molecule has 0 bridgehead atoms. The van der Waals surface area contributed by atoms with E-state index in [0.717, 1.165) is 24.5 Å². The smallest absolute Gasteiger partial charge is 0.0945 e. The van der Waals surface area contributed by atoms with Crippen molar-refractivity contribution < 1.29 is 4.74 Å². The van der Waals surface area contributed by atoms with E-state index in [1.165, 1.54) is 52.3 Å². The lowest BCUT2D eigenvalue weighted by atomic mass is 9.75. The van der Waals surface area contributed by atoms with Crippen molar-refractivity contribution in [2.24, 2.45) is 0 Å². The molecular weight excluding hydrogens is 328 g/mol. The molecular formula is C23H21ClO. The van der Waals surface area contributed by atoms with Gasteiger partial charge in [-0.15, -0.1) is 0 Å². The fraction of sp³-hybridized carbons (Fsp3) is 0.304. The van der Waals surface area contributed by atoms with Gasteiger partial charge in [0.15, 0.2) is 0 Å². The first kappa shape index (κ1) is 15.4. The monoisotopic (exact) mass is 348 g/mol. The highest BCUT2D eigenvalue weighted by Crippen LogP contribution is 2.52. The normalized spacial score (nSPS) is 18.6. The number of hydrogen-bond donors (Lipinski definition) is 0. The predicted octanol–water partition coefficient (Wildman–Crippen LogP) is 6.85. The van der Waals surface area contributed by atoms with Crippen molar-refractivity contribution in [2.75, 3.05) is 0 Å². The van der Waals surface area contributed by atoms with Crippen LogP contribution in [0.4, 0.5) is 0 Å². The fourth-order valence-electron chi connectivity index (χ4n) is 4.77. The summed E-state index contributed by atoms with van der Waals surface area (Å²) in [6, 6.07) is 19.3. The molecule has 1 aliphatic heterocycles. The molecule has 1 saturated carbocycles. The van der Waals surface area contributed by atoms with E-state index in [4.69, 9.17) is 16.3 Å². The molecule has 1 nitrogen and oxygen atoms in total. The van der Waals surface area contributed by atoms with Gasteiger partial charge in [0.25, 0.3) is 0 Å². The summed E-state index contributed by atoms with van der Waals surface area (Å²) >= 11 is 6.38. The van der Waals surface area contributed by atoms with E-state index < -0.39 is 0 Å². The molecule has 0 atom stereocenters. The van der Waals surface area contributed by atoms with Crippen molar-refractivity contribution in [3.05, 3.63) is 70.7 Å². The summed E-state index contributed by atoms with van der Waals surface area (Å²) in [6.45, 7) is 0.730. The third-order valence-electron chi connectivity index (χ3n) is 5.87. The van der Waals surface area contributed by atoms with Gasteiger partial charge in [0.05, 0.1) is 12.2 Å². The molecule has 0 N–H and O–H groups in total. The van der Waals surface area contributed by atoms with Crippen molar-refractivity contribution in [1.82, 2.24) is 0 Å². The Balaban J connectivity index is 1.87. The molecule has 0 amide bonds. The summed E-state index contributed by atoms with van der Waals surface area (Å²) in [6.07, 6.45) is 6.08. The molecule has 0 aromatic heterocycles. The Hall–Kier alpha value is -1.83. The highest BCUT2D eigenvalue weighted by atomic mass is 35.5. The quantitative estimate of drug-likeness (QED) is 0.467. The first-order valence-corrected chi connectivity index (χ1v) is 9.60. The van der Waals surface area contributed by atoms with Gasteiger partial charge in [-0.1, -0.05) is 67.3 Å². The second-order valence-corrected chi connectivity index (χ2v) is 7.80. The highest BCUT2D eigenvalue weighted by Gasteiger charge is 2.43. The highest BCUT2D eigenvalue weighted by molar-refractivity contribution is 6.31. The molecule has 1 aliphatic carbocycles. The SMILES string of the molecule is Clc1ccc2cc3c(c(-c4ccccc4)c2c1)C1(CCCCC1)OC3. The summed E-state index contributed by atoms with van der Waals surface area (Å²) in [5, 5.41) is 3.28. The van der Waals surface area contributed by atoms with Crippen LogP contribution in [0.25, 0.3) is 21.9 Å². The summed E-state index contributed by atoms with van der Waals surface area (Å²) < 4.78 is 6.48. The van der Waals surface area contributed by atoms with Crippen molar-refractivity contribution in [2.45, 2.75) is 44.3 Å². The first-order chi connectivity index (χ1) is 12.3. The average Bonchev–Trinajstić information content (AvgIpc) is 2.99. The van der Waals surface area contributed by atoms with Crippen LogP contribution >= 0.6 is 11.6 Å². The Labute approximate surface area is 153 Å². The minimum absolute atomic E-state index is 0.102. The van der Waals surface area contributed by atoms with Crippen LogP contribution < -0.4 is 0 Å². The summed E-state index contributed by atoms with van der Waals surface area (Å²) in [5.74, 6) is 0. The molecule has 2 aliphatic rings. The molecule has 3 aromatic rings. The minimum Gasteiger partial charge on any atom is -0.366 e. The van der Waals surface area contributed by atoms with Gasteiger partial charge in [-0.2, -0.15) is 0 Å². The van der Waals surface area contributed by atoms with Crippen LogP contribution in [0.15, 0.2) is 54.6 Å². The second-order valence-electron chi connectivity index (χ2n) is 7.36. The van der Waals surface area contributed by atoms with Gasteiger partial charge in [-0.25, -0.2) is 0 Å². The fourth-order valence-corrected chi connectivity index (χ4v) is 4.94. The third-order valence-corrected chi connectivity index (χ3v) is 6.10. The maximum Gasteiger partial charge on any atom is 0.0945 e. The summed E-state index contributed by atoms with van der Waals surface area (Å²) in [7, 11) is 0. The van der Waals surface area contributed by atoms with Gasteiger partial charge in [-0.3, -0.25) is 0 Å². The van der Waals surface area contributed by atoms with E-state index in [9.17, 15) is 0 Å². The van der Waals surface area contributed by atoms with Gasteiger partial charge in [0, 0.05) is 5.02 Å². The lowest BCUT2D eigenvalue weighted by molar-refractivity contribution is -0.0634. The molecule has 0 radical (unpaired) electrons. The molecule has 0 saturated heterocycles. The lowest BCUT2D eigenvalue weighted by Crippen LogP contribution is -2.28. The number of rotatable bonds is 1. The van der Waals surface area contributed by atoms with Crippen LogP contribution in [0.2, 0.25) is 5.02 Å². The van der Waals surface area contributed by atoms with Gasteiger partial charge in [-0.05, 0) is 64.1 Å². The Bertz CT molecular complexity index is 939. The van der Waals surface area contributed by atoms with Gasteiger partial charge in [0.2, 0.25) is 0 Å². The summed E-state index contributed by atoms with van der Waals surface area (Å²) in [5.41, 5.74) is 5.27. The molecule has 3 aromatic carbocycles. The van der Waals surface area contributed by atoms with E-state index in [0.29, 0.717) is 0 Å². The number of benzene rings is 3. The maximum atomic E-state index is 6.48. The van der Waals surface area contributed by atoms with Crippen molar-refractivity contribution in [3.63, 3.8) is 0 Å². The molecule has 0 unspecified atom stereocenters. The molecule has 1 fully saturated rings. The largest absolute Gasteiger partial charge is 0.366 e. The van der Waals surface area contributed by atoms with E-state index in [1.807, 2.05) is 6.07 Å². The molecule has 126 valence electrons. The maximum absolute atomic E-state index is 6.48. The zero-order valence-corrected chi connectivity index (χ0v) is 15.0. The molecule has 2 heteroatoms. The zero-order chi connectivity index (χ0) is 16.9. The second kappa shape index (κ2) is 5.86. The number of hydrogen-bond acceptors (Lipinski definition) is 1. The van der Waals surface area contributed by atoms with Crippen LogP contribution in [0.3, 0.4) is 0 Å². The molecule has 5 rings (SSSR count). The molecule has 1 spiro atoms. The van der Waals surface area contributed by atoms with Gasteiger partial charge in [0.1, 0.15) is 0 Å². The van der Waals surface area contributed by atoms with E-state index in [2.05, 4.69) is 48.5 Å². The van der Waals surface area contributed by atoms with Crippen LogP contribution in [-0.2, 0) is 16.9 Å². The lowest BCUT2D eigenvalue weighted by Gasteiger charge is -2.35. The zero-order valence-electron chi connectivity index (χ0n) is 14.2. The van der Waals surface area contributed by atoms with E-state index in [1.54, 1.807) is 0 Å². The van der Waals surface area contributed by atoms with Crippen LogP contribution in [0, 0.1) is 0 Å². The predicted molar refractivity (Wildman–Crippen MR) is 104 cm³/mol. The summed E-state index contributed by atoms with van der Waals surface area (Å²) in [4.78, 5) is 0. The standard InChI is InChI=1S/C23H21ClO/c24-19-10-9-17-13-18-15-25-23(11-5-2-6-12-23)22(18)21(20(17)14-19)16-7-3-1-4-8-16/h1,3-4,7-10,13-14H,2,5-6,11-12,15H2. The Morgan fingerprint density at radius 2 is 1.68 bits per heavy atom. The van der Waals surface area contributed by atoms with Crippen molar-refractivity contribution in [1.29, 1.82) is 0 Å². The van der Waals surface area contributed by atoms with Gasteiger partial charge >= 0.3 is 0 Å². The Morgan fingerprint density at radius 1 is 0.880 bits per heavy atom. The van der Waals surface area contributed by atoms with Crippen LogP contribution in [0.5, 0.6) is 0 Å². The van der Waals surface area contributed by atoms with Crippen LogP contribution in [-0.4, -0.2) is 0 Å². The molecule has 25 heavy (non-hydrogen) atoms. The number of ether oxygens (including phenoxy) is 1. The number of fused-ring (bicyclic) bond motifs is 3. The third kappa shape index (κ3) is 2.41. The first-order valence-electron chi connectivity index (χ1n) is 9.22. The van der Waals surface area contributed by atoms with Crippen LogP contribution in [0.1, 0.15) is 43.2 Å². The van der Waals surface area contributed by atoms with E-state index >= 15 is 0 Å². The average molecular weight is 349 g/mol. The van der Waals surface area contributed by atoms with Crippen molar-refractivity contribution >= 4 is 22.4 Å². The Morgan fingerprint density at radius 3 is 2.48 bits per heavy atom. The van der Waals surface area contributed by atoms with Crippen molar-refractivity contribution in [3.8, 4) is 11.1 Å². The molecule has 1 heterocycles. The van der Waals surface area contributed by atoms with Gasteiger partial charge < -0.3 is 4.74 Å². The minimum atomic E-state index is -0.102.